The summed E-state index contributed by atoms with van der Waals surface area (Å²) >= 11 is 0. The highest BCUT2D eigenvalue weighted by Crippen LogP contribution is 2.33. The van der Waals surface area contributed by atoms with Crippen LogP contribution in [0.4, 0.5) is 0 Å². The van der Waals surface area contributed by atoms with E-state index in [1.165, 1.54) is 30.3 Å². The zero-order valence-corrected chi connectivity index (χ0v) is 11.8. The molecule has 2 aromatic carbocycles. The molecule has 0 bridgehead atoms. The van der Waals surface area contributed by atoms with Crippen molar-refractivity contribution in [3.63, 3.8) is 0 Å². The first kappa shape index (κ1) is 14.4. The first-order chi connectivity index (χ1) is 10.4. The monoisotopic (exact) mass is 319 g/mol. The summed E-state index contributed by atoms with van der Waals surface area (Å²) in [6, 6.07) is 10.3. The molecule has 2 N–H and O–H groups in total. The van der Waals surface area contributed by atoms with Crippen LogP contribution >= 0.6 is 0 Å². The van der Waals surface area contributed by atoms with Gasteiger partial charge in [0.1, 0.15) is 0 Å². The molecule has 7 nitrogen and oxygen atoms in total. The summed E-state index contributed by atoms with van der Waals surface area (Å²) in [6.45, 7) is 0. The van der Waals surface area contributed by atoms with Crippen molar-refractivity contribution in [2.24, 2.45) is 5.90 Å². The minimum absolute atomic E-state index is 0.0634. The molecule has 0 saturated heterocycles. The second-order valence-corrected chi connectivity index (χ2v) is 5.65. The third-order valence-electron chi connectivity index (χ3n) is 3.22. The Morgan fingerprint density at radius 2 is 1.41 bits per heavy atom. The third-order valence-corrected chi connectivity index (χ3v) is 3.84. The van der Waals surface area contributed by atoms with Crippen LogP contribution in [0.2, 0.25) is 0 Å². The Kier molecular flexibility index (Phi) is 3.28. The SMILES string of the molecule is NOS(=O)(=O)Oc1cccc2c1C(=O)c1ccccc1C2=O. The number of carbonyl (C=O) groups is 2. The van der Waals surface area contributed by atoms with Crippen LogP contribution in [0.15, 0.2) is 42.5 Å². The highest BCUT2D eigenvalue weighted by molar-refractivity contribution is 7.82. The predicted octanol–water partition coefficient (Wildman–Crippen LogP) is 0.976. The molecule has 0 heterocycles. The van der Waals surface area contributed by atoms with E-state index in [-0.39, 0.29) is 33.8 Å². The van der Waals surface area contributed by atoms with E-state index in [2.05, 4.69) is 14.4 Å². The highest BCUT2D eigenvalue weighted by Gasteiger charge is 2.33. The van der Waals surface area contributed by atoms with Crippen LogP contribution in [0, 0.1) is 0 Å². The average molecular weight is 319 g/mol. The number of ketones is 2. The van der Waals surface area contributed by atoms with Gasteiger partial charge in [-0.15, -0.1) is 0 Å². The van der Waals surface area contributed by atoms with E-state index in [1.807, 2.05) is 0 Å². The van der Waals surface area contributed by atoms with Crippen molar-refractivity contribution in [3.05, 3.63) is 64.7 Å². The fourth-order valence-electron chi connectivity index (χ4n) is 2.31. The number of benzene rings is 2. The Hall–Kier alpha value is -2.55. The topological polar surface area (TPSA) is 113 Å². The summed E-state index contributed by atoms with van der Waals surface area (Å²) in [4.78, 5) is 25.0. The quantitative estimate of drug-likeness (QED) is 0.716. The molecule has 0 amide bonds. The van der Waals surface area contributed by atoms with Crippen molar-refractivity contribution in [2.75, 3.05) is 0 Å². The zero-order chi connectivity index (χ0) is 15.9. The first-order valence-electron chi connectivity index (χ1n) is 6.09. The molecule has 0 unspecified atom stereocenters. The van der Waals surface area contributed by atoms with Gasteiger partial charge in [-0.25, -0.2) is 0 Å². The normalized spacial score (nSPS) is 13.5. The smallest absolute Gasteiger partial charge is 0.360 e. The van der Waals surface area contributed by atoms with Crippen LogP contribution in [0.5, 0.6) is 5.75 Å². The summed E-state index contributed by atoms with van der Waals surface area (Å²) in [5, 5.41) is 0. The minimum atomic E-state index is -4.51. The molecule has 1 aliphatic rings. The van der Waals surface area contributed by atoms with Crippen molar-refractivity contribution in [1.82, 2.24) is 0 Å². The molecule has 0 saturated carbocycles. The van der Waals surface area contributed by atoms with E-state index < -0.39 is 16.2 Å². The highest BCUT2D eigenvalue weighted by atomic mass is 32.3. The summed E-state index contributed by atoms with van der Waals surface area (Å²) < 4.78 is 31.0. The molecule has 1 aliphatic carbocycles. The standard InChI is InChI=1S/C14H9NO6S/c15-21-22(18,19)20-11-7-3-6-10-12(11)14(17)9-5-2-1-4-8(9)13(10)16/h1-7H,15H2. The maximum atomic E-state index is 12.5. The fraction of sp³-hybridized carbons (Fsp3) is 0. The number of fused-ring (bicyclic) bond motifs is 2. The molecule has 0 aliphatic heterocycles. The van der Waals surface area contributed by atoms with Crippen molar-refractivity contribution in [2.45, 2.75) is 0 Å². The van der Waals surface area contributed by atoms with E-state index in [1.54, 1.807) is 12.1 Å². The lowest BCUT2D eigenvalue weighted by atomic mass is 9.84. The van der Waals surface area contributed by atoms with E-state index in [9.17, 15) is 18.0 Å². The molecule has 3 rings (SSSR count). The van der Waals surface area contributed by atoms with Gasteiger partial charge in [-0.2, -0.15) is 18.6 Å². The molecule has 0 spiro atoms. The summed E-state index contributed by atoms with van der Waals surface area (Å²) in [6.07, 6.45) is 0. The van der Waals surface area contributed by atoms with Gasteiger partial charge in [0.15, 0.2) is 17.3 Å². The Morgan fingerprint density at radius 3 is 2.05 bits per heavy atom. The predicted molar refractivity (Wildman–Crippen MR) is 74.6 cm³/mol. The van der Waals surface area contributed by atoms with Gasteiger partial charge >= 0.3 is 10.4 Å². The summed E-state index contributed by atoms with van der Waals surface area (Å²) in [7, 11) is -4.51. The molecule has 2 aromatic rings. The number of hydrogen-bond acceptors (Lipinski definition) is 7. The van der Waals surface area contributed by atoms with Gasteiger partial charge in [0, 0.05) is 16.7 Å². The Labute approximate surface area is 125 Å². The van der Waals surface area contributed by atoms with Gasteiger partial charge in [0.25, 0.3) is 0 Å². The van der Waals surface area contributed by atoms with E-state index in [0.717, 1.165) is 0 Å². The number of nitrogens with two attached hydrogens (primary N) is 1. The van der Waals surface area contributed by atoms with E-state index >= 15 is 0 Å². The lowest BCUT2D eigenvalue weighted by molar-refractivity contribution is 0.0977. The van der Waals surface area contributed by atoms with Crippen molar-refractivity contribution < 1.29 is 26.5 Å². The Bertz CT molecular complexity index is 903. The number of rotatable bonds is 3. The van der Waals surface area contributed by atoms with Gasteiger partial charge < -0.3 is 4.18 Å². The van der Waals surface area contributed by atoms with Gasteiger partial charge in [0.2, 0.25) is 0 Å². The molecule has 0 aromatic heterocycles. The minimum Gasteiger partial charge on any atom is -0.360 e. The third kappa shape index (κ3) is 2.19. The lowest BCUT2D eigenvalue weighted by Gasteiger charge is -2.19. The van der Waals surface area contributed by atoms with Crippen LogP contribution in [0.3, 0.4) is 0 Å². The molecule has 0 radical (unpaired) electrons. The lowest BCUT2D eigenvalue weighted by Crippen LogP contribution is -2.24. The average Bonchev–Trinajstić information content (AvgIpc) is 2.52. The van der Waals surface area contributed by atoms with Crippen LogP contribution in [-0.2, 0) is 14.7 Å². The van der Waals surface area contributed by atoms with Crippen molar-refractivity contribution in [3.8, 4) is 5.75 Å². The van der Waals surface area contributed by atoms with Gasteiger partial charge in [-0.05, 0) is 6.07 Å². The Balaban J connectivity index is 2.21. The van der Waals surface area contributed by atoms with Gasteiger partial charge in [0.05, 0.1) is 5.56 Å². The first-order valence-corrected chi connectivity index (χ1v) is 7.42. The van der Waals surface area contributed by atoms with Crippen LogP contribution in [0.25, 0.3) is 0 Å². The zero-order valence-electron chi connectivity index (χ0n) is 11.0. The van der Waals surface area contributed by atoms with Crippen LogP contribution < -0.4 is 10.1 Å². The number of carbonyl (C=O) groups excluding carboxylic acids is 2. The Morgan fingerprint density at radius 1 is 0.818 bits per heavy atom. The fourth-order valence-corrected chi connectivity index (χ4v) is 2.71. The van der Waals surface area contributed by atoms with Crippen LogP contribution in [0.1, 0.15) is 31.8 Å². The second-order valence-electron chi connectivity index (χ2n) is 4.47. The maximum Gasteiger partial charge on any atom is 0.465 e. The molecular formula is C14H9NO6S. The van der Waals surface area contributed by atoms with Gasteiger partial charge in [-0.3, -0.25) is 9.59 Å². The molecule has 0 atom stereocenters. The molecular weight excluding hydrogens is 310 g/mol. The second kappa shape index (κ2) is 5.02. The molecule has 22 heavy (non-hydrogen) atoms. The maximum absolute atomic E-state index is 12.5. The summed E-state index contributed by atoms with van der Waals surface area (Å²) in [5.74, 6) is 3.40. The largest absolute Gasteiger partial charge is 0.465 e. The number of hydrogen-bond donors (Lipinski definition) is 1. The van der Waals surface area contributed by atoms with Crippen LogP contribution in [-0.4, -0.2) is 20.0 Å². The molecule has 8 heteroatoms. The molecule has 112 valence electrons. The van der Waals surface area contributed by atoms with E-state index in [4.69, 9.17) is 0 Å². The van der Waals surface area contributed by atoms with Crippen molar-refractivity contribution in [1.29, 1.82) is 0 Å². The van der Waals surface area contributed by atoms with Crippen molar-refractivity contribution >= 4 is 22.0 Å². The van der Waals surface area contributed by atoms with E-state index in [0.29, 0.717) is 0 Å². The molecule has 0 fully saturated rings. The summed E-state index contributed by atoms with van der Waals surface area (Å²) in [5.41, 5.74) is 0.373. The van der Waals surface area contributed by atoms with Gasteiger partial charge in [-0.1, -0.05) is 36.4 Å².